The van der Waals surface area contributed by atoms with Crippen LogP contribution >= 0.6 is 0 Å². The SMILES string of the molecule is C[C@@H](OCc1ccccc1)[C@H](NC(=O)c1conc1CNC(=O)OCC1c2ccccc2-c2ccccc21)C(=O)O. The van der Waals surface area contributed by atoms with Crippen molar-refractivity contribution in [2.75, 3.05) is 6.61 Å². The smallest absolute Gasteiger partial charge is 0.407 e. The van der Waals surface area contributed by atoms with Crippen molar-refractivity contribution in [3.8, 4) is 11.1 Å². The number of aromatic nitrogens is 1. The fourth-order valence-corrected chi connectivity index (χ4v) is 4.87. The molecule has 0 saturated heterocycles. The van der Waals surface area contributed by atoms with Crippen molar-refractivity contribution in [3.05, 3.63) is 113 Å². The van der Waals surface area contributed by atoms with Crippen LogP contribution in [0.4, 0.5) is 4.79 Å². The zero-order chi connectivity index (χ0) is 28.8. The lowest BCUT2D eigenvalue weighted by molar-refractivity contribution is -0.143. The molecule has 0 saturated carbocycles. The summed E-state index contributed by atoms with van der Waals surface area (Å²) in [5.74, 6) is -2.08. The molecule has 0 spiro atoms. The average molecular weight is 556 g/mol. The Balaban J connectivity index is 1.15. The first kappa shape index (κ1) is 27.6. The van der Waals surface area contributed by atoms with Crippen molar-refractivity contribution in [2.45, 2.75) is 38.1 Å². The molecule has 1 aliphatic carbocycles. The first-order valence-corrected chi connectivity index (χ1v) is 13.1. The molecule has 0 radical (unpaired) electrons. The maximum atomic E-state index is 12.9. The summed E-state index contributed by atoms with van der Waals surface area (Å²) in [6, 6.07) is 24.0. The van der Waals surface area contributed by atoms with Crippen LogP contribution in [-0.2, 0) is 27.4 Å². The van der Waals surface area contributed by atoms with Gasteiger partial charge in [0.05, 0.1) is 19.3 Å². The molecule has 4 aromatic rings. The van der Waals surface area contributed by atoms with Gasteiger partial charge in [-0.3, -0.25) is 4.79 Å². The second kappa shape index (κ2) is 12.5. The summed E-state index contributed by atoms with van der Waals surface area (Å²) < 4.78 is 16.2. The van der Waals surface area contributed by atoms with E-state index < -0.39 is 30.1 Å². The minimum Gasteiger partial charge on any atom is -0.480 e. The minimum atomic E-state index is -1.33. The monoisotopic (exact) mass is 555 g/mol. The molecule has 3 N–H and O–H groups in total. The van der Waals surface area contributed by atoms with Crippen LogP contribution in [0, 0.1) is 0 Å². The van der Waals surface area contributed by atoms with Gasteiger partial charge in [-0.2, -0.15) is 0 Å². The second-order valence-electron chi connectivity index (χ2n) is 9.65. The van der Waals surface area contributed by atoms with Crippen molar-refractivity contribution >= 4 is 18.0 Å². The standard InChI is InChI=1S/C31H29N3O7/c1-19(39-16-20-9-3-2-4-10-20)28(30(36)37)33-29(35)26-18-41-34-27(26)15-32-31(38)40-17-25-23-13-7-5-11-21(23)22-12-6-8-14-24(22)25/h2-14,18-19,25,28H,15-17H2,1H3,(H,32,38)(H,33,35)(H,36,37)/t19-,28+/m1/s1. The molecule has 10 nitrogen and oxygen atoms in total. The number of fused-ring (bicyclic) bond motifs is 3. The molecule has 0 aliphatic heterocycles. The molecule has 41 heavy (non-hydrogen) atoms. The summed E-state index contributed by atoms with van der Waals surface area (Å²) >= 11 is 0. The number of carboxylic acids is 1. The van der Waals surface area contributed by atoms with Crippen molar-refractivity contribution in [1.29, 1.82) is 0 Å². The van der Waals surface area contributed by atoms with Crippen LogP contribution in [0.15, 0.2) is 89.6 Å². The Morgan fingerprint density at radius 1 is 0.951 bits per heavy atom. The summed E-state index contributed by atoms with van der Waals surface area (Å²) in [5, 5.41) is 18.5. The van der Waals surface area contributed by atoms with Gasteiger partial charge in [-0.1, -0.05) is 84.0 Å². The van der Waals surface area contributed by atoms with Gasteiger partial charge in [0.1, 0.15) is 24.1 Å². The highest BCUT2D eigenvalue weighted by molar-refractivity contribution is 5.97. The number of carboxylic acid groups (broad SMARTS) is 1. The highest BCUT2D eigenvalue weighted by atomic mass is 16.5. The first-order valence-electron chi connectivity index (χ1n) is 13.1. The number of alkyl carbamates (subject to hydrolysis) is 1. The van der Waals surface area contributed by atoms with Crippen LogP contribution in [0.1, 0.15) is 45.6 Å². The Hall–Kier alpha value is -4.96. The molecule has 210 valence electrons. The largest absolute Gasteiger partial charge is 0.480 e. The van der Waals surface area contributed by atoms with Gasteiger partial charge in [0.25, 0.3) is 5.91 Å². The molecule has 0 fully saturated rings. The fraction of sp³-hybridized carbons (Fsp3) is 0.226. The number of benzene rings is 3. The molecular formula is C31H29N3O7. The Bertz CT molecular complexity index is 1490. The van der Waals surface area contributed by atoms with E-state index in [9.17, 15) is 19.5 Å². The lowest BCUT2D eigenvalue weighted by Crippen LogP contribution is -2.48. The lowest BCUT2D eigenvalue weighted by Gasteiger charge is -2.22. The number of carbonyl (C=O) groups is 3. The molecule has 1 heterocycles. The Kier molecular flexibility index (Phi) is 8.40. The van der Waals surface area contributed by atoms with Crippen LogP contribution in [0.25, 0.3) is 11.1 Å². The fourth-order valence-electron chi connectivity index (χ4n) is 4.87. The number of carbonyl (C=O) groups excluding carboxylic acids is 2. The van der Waals surface area contributed by atoms with Crippen molar-refractivity contribution in [2.24, 2.45) is 0 Å². The van der Waals surface area contributed by atoms with E-state index in [0.717, 1.165) is 34.1 Å². The van der Waals surface area contributed by atoms with Crippen LogP contribution in [-0.4, -0.2) is 47.0 Å². The summed E-state index contributed by atoms with van der Waals surface area (Å²) in [6.07, 6.45) is -0.426. The maximum Gasteiger partial charge on any atom is 0.407 e. The number of hydrogen-bond acceptors (Lipinski definition) is 7. The van der Waals surface area contributed by atoms with Crippen molar-refractivity contribution < 1.29 is 33.5 Å². The van der Waals surface area contributed by atoms with Crippen LogP contribution in [0.5, 0.6) is 0 Å². The number of ether oxygens (including phenoxy) is 2. The predicted octanol–water partition coefficient (Wildman–Crippen LogP) is 4.50. The van der Waals surface area contributed by atoms with Crippen LogP contribution in [0.2, 0.25) is 0 Å². The third kappa shape index (κ3) is 6.28. The van der Waals surface area contributed by atoms with Crippen LogP contribution in [0.3, 0.4) is 0 Å². The van der Waals surface area contributed by atoms with E-state index in [1.54, 1.807) is 6.92 Å². The highest BCUT2D eigenvalue weighted by Crippen LogP contribution is 2.44. The quantitative estimate of drug-likeness (QED) is 0.246. The van der Waals surface area contributed by atoms with Gasteiger partial charge in [0.15, 0.2) is 6.04 Å². The molecule has 2 atom stereocenters. The van der Waals surface area contributed by atoms with E-state index in [4.69, 9.17) is 14.0 Å². The van der Waals surface area contributed by atoms with Crippen molar-refractivity contribution in [3.63, 3.8) is 0 Å². The van der Waals surface area contributed by atoms with Gasteiger partial charge in [0, 0.05) is 5.92 Å². The number of aliphatic carboxylic acids is 1. The number of rotatable bonds is 11. The summed E-state index contributed by atoms with van der Waals surface area (Å²) in [4.78, 5) is 37.4. The van der Waals surface area contributed by atoms with E-state index in [1.807, 2.05) is 66.7 Å². The van der Waals surface area contributed by atoms with Crippen LogP contribution < -0.4 is 10.6 Å². The third-order valence-electron chi connectivity index (χ3n) is 7.01. The topological polar surface area (TPSA) is 140 Å². The van der Waals surface area contributed by atoms with E-state index in [-0.39, 0.29) is 36.9 Å². The molecule has 0 unspecified atom stereocenters. The molecule has 10 heteroatoms. The average Bonchev–Trinajstić information content (AvgIpc) is 3.59. The summed E-state index contributed by atoms with van der Waals surface area (Å²) in [5.41, 5.74) is 5.40. The molecule has 5 rings (SSSR count). The van der Waals surface area contributed by atoms with Gasteiger partial charge in [-0.15, -0.1) is 0 Å². The molecular weight excluding hydrogens is 526 g/mol. The van der Waals surface area contributed by atoms with E-state index in [2.05, 4.69) is 27.9 Å². The number of nitrogens with one attached hydrogen (secondary N) is 2. The number of amides is 2. The molecule has 2 amide bonds. The Morgan fingerprint density at radius 3 is 2.24 bits per heavy atom. The molecule has 1 aromatic heterocycles. The Morgan fingerprint density at radius 2 is 1.59 bits per heavy atom. The maximum absolute atomic E-state index is 12.9. The van der Waals surface area contributed by atoms with Gasteiger partial charge < -0.3 is 29.7 Å². The van der Waals surface area contributed by atoms with E-state index in [1.165, 1.54) is 0 Å². The normalized spacial score (nSPS) is 13.5. The van der Waals surface area contributed by atoms with Gasteiger partial charge in [-0.05, 0) is 34.7 Å². The van der Waals surface area contributed by atoms with E-state index in [0.29, 0.717) is 0 Å². The number of hydrogen-bond donors (Lipinski definition) is 3. The molecule has 3 aromatic carbocycles. The lowest BCUT2D eigenvalue weighted by atomic mass is 9.98. The summed E-state index contributed by atoms with van der Waals surface area (Å²) in [6.45, 7) is 1.72. The Labute approximate surface area is 236 Å². The first-order chi connectivity index (χ1) is 19.9. The summed E-state index contributed by atoms with van der Waals surface area (Å²) in [7, 11) is 0. The van der Waals surface area contributed by atoms with Gasteiger partial charge >= 0.3 is 12.1 Å². The minimum absolute atomic E-state index is 0.00884. The highest BCUT2D eigenvalue weighted by Gasteiger charge is 2.31. The zero-order valence-electron chi connectivity index (χ0n) is 22.3. The van der Waals surface area contributed by atoms with Gasteiger partial charge in [0.2, 0.25) is 0 Å². The third-order valence-corrected chi connectivity index (χ3v) is 7.01. The van der Waals surface area contributed by atoms with Gasteiger partial charge in [-0.25, -0.2) is 9.59 Å². The second-order valence-corrected chi connectivity index (χ2v) is 9.65. The van der Waals surface area contributed by atoms with E-state index >= 15 is 0 Å². The zero-order valence-corrected chi connectivity index (χ0v) is 22.3. The molecule has 0 bridgehead atoms. The predicted molar refractivity (Wildman–Crippen MR) is 148 cm³/mol. The van der Waals surface area contributed by atoms with Crippen molar-refractivity contribution in [1.82, 2.24) is 15.8 Å². The molecule has 1 aliphatic rings. The number of nitrogens with zero attached hydrogens (tertiary/aromatic N) is 1.